The molecule has 0 heterocycles. The van der Waals surface area contributed by atoms with Gasteiger partial charge in [-0.1, -0.05) is 18.9 Å². The van der Waals surface area contributed by atoms with Gasteiger partial charge in [-0.05, 0) is 30.5 Å². The molecule has 0 saturated heterocycles. The molecular formula is C14H18ClNO4S. The van der Waals surface area contributed by atoms with Crippen molar-refractivity contribution in [1.82, 2.24) is 5.32 Å². The Morgan fingerprint density at radius 2 is 2.05 bits per heavy atom. The summed E-state index contributed by atoms with van der Waals surface area (Å²) in [4.78, 5) is 11.9. The standard InChI is InChI=1S/C14H18ClNO4S/c1-20-12-7-6-10(8-13(12)21(15,18)19)9-16-14(17)11-4-2-3-5-11/h6-8,11H,2-5,9H2,1H3,(H,16,17). The second kappa shape index (κ2) is 6.66. The number of hydrogen-bond donors (Lipinski definition) is 1. The Hall–Kier alpha value is -1.27. The van der Waals surface area contributed by atoms with E-state index in [0.717, 1.165) is 25.7 Å². The molecule has 1 N–H and O–H groups in total. The van der Waals surface area contributed by atoms with Crippen LogP contribution in [-0.2, 0) is 20.4 Å². The molecule has 21 heavy (non-hydrogen) atoms. The molecule has 1 aromatic rings. The van der Waals surface area contributed by atoms with Crippen molar-refractivity contribution in [2.45, 2.75) is 37.1 Å². The molecule has 0 bridgehead atoms. The average molecular weight is 332 g/mol. The van der Waals surface area contributed by atoms with Gasteiger partial charge >= 0.3 is 0 Å². The monoisotopic (exact) mass is 331 g/mol. The van der Waals surface area contributed by atoms with Crippen LogP contribution in [-0.4, -0.2) is 21.4 Å². The van der Waals surface area contributed by atoms with Crippen LogP contribution < -0.4 is 10.1 Å². The lowest BCUT2D eigenvalue weighted by Gasteiger charge is -2.12. The van der Waals surface area contributed by atoms with Gasteiger partial charge in [0.15, 0.2) is 0 Å². The SMILES string of the molecule is COc1ccc(CNC(=O)C2CCCC2)cc1S(=O)(=O)Cl. The smallest absolute Gasteiger partial charge is 0.264 e. The van der Waals surface area contributed by atoms with Crippen LogP contribution >= 0.6 is 10.7 Å². The zero-order valence-electron chi connectivity index (χ0n) is 11.8. The second-order valence-corrected chi connectivity index (χ2v) is 7.66. The summed E-state index contributed by atoms with van der Waals surface area (Å²) < 4.78 is 28.0. The minimum absolute atomic E-state index is 0.0265. The summed E-state index contributed by atoms with van der Waals surface area (Å²) in [6, 6.07) is 4.67. The summed E-state index contributed by atoms with van der Waals surface area (Å²) in [6.45, 7) is 0.277. The molecule has 2 rings (SSSR count). The summed E-state index contributed by atoms with van der Waals surface area (Å²) >= 11 is 0. The van der Waals surface area contributed by atoms with Crippen LogP contribution in [0, 0.1) is 5.92 Å². The summed E-state index contributed by atoms with van der Waals surface area (Å²) in [7, 11) is 2.88. The van der Waals surface area contributed by atoms with E-state index in [-0.39, 0.29) is 29.0 Å². The van der Waals surface area contributed by atoms with Crippen LogP contribution in [0.4, 0.5) is 0 Å². The normalized spacial score (nSPS) is 15.9. The van der Waals surface area contributed by atoms with Gasteiger partial charge in [0, 0.05) is 23.1 Å². The first-order valence-electron chi connectivity index (χ1n) is 6.81. The largest absolute Gasteiger partial charge is 0.495 e. The van der Waals surface area contributed by atoms with Crippen LogP contribution in [0.25, 0.3) is 0 Å². The van der Waals surface area contributed by atoms with E-state index >= 15 is 0 Å². The number of hydrogen-bond acceptors (Lipinski definition) is 4. The minimum atomic E-state index is -3.89. The van der Waals surface area contributed by atoms with Crippen molar-refractivity contribution in [3.05, 3.63) is 23.8 Å². The molecule has 0 unspecified atom stereocenters. The average Bonchev–Trinajstić information content (AvgIpc) is 2.97. The number of carbonyl (C=O) groups excluding carboxylic acids is 1. The molecule has 0 atom stereocenters. The van der Waals surface area contributed by atoms with Crippen LogP contribution in [0.2, 0.25) is 0 Å². The van der Waals surface area contributed by atoms with Gasteiger partial charge in [0.2, 0.25) is 5.91 Å². The van der Waals surface area contributed by atoms with Crippen LogP contribution in [0.5, 0.6) is 5.75 Å². The van der Waals surface area contributed by atoms with Crippen molar-refractivity contribution in [2.24, 2.45) is 5.92 Å². The molecule has 0 aromatic heterocycles. The first-order chi connectivity index (χ1) is 9.91. The lowest BCUT2D eigenvalue weighted by atomic mass is 10.1. The topological polar surface area (TPSA) is 72.5 Å². The number of carbonyl (C=O) groups is 1. The predicted molar refractivity (Wildman–Crippen MR) is 79.8 cm³/mol. The number of amides is 1. The maximum absolute atomic E-state index is 11.9. The highest BCUT2D eigenvalue weighted by atomic mass is 35.7. The zero-order chi connectivity index (χ0) is 15.5. The summed E-state index contributed by atoms with van der Waals surface area (Å²) in [5.41, 5.74) is 0.668. The number of rotatable bonds is 5. The highest BCUT2D eigenvalue weighted by molar-refractivity contribution is 8.13. The van der Waals surface area contributed by atoms with Gasteiger partial charge < -0.3 is 10.1 Å². The Balaban J connectivity index is 2.08. The third-order valence-corrected chi connectivity index (χ3v) is 5.03. The van der Waals surface area contributed by atoms with Crippen molar-refractivity contribution >= 4 is 25.6 Å². The van der Waals surface area contributed by atoms with Gasteiger partial charge in [-0.2, -0.15) is 0 Å². The molecule has 1 fully saturated rings. The Labute approximate surface area is 129 Å². The predicted octanol–water partition coefficient (Wildman–Crippen LogP) is 2.43. The fraction of sp³-hybridized carbons (Fsp3) is 0.500. The Morgan fingerprint density at radius 3 is 2.62 bits per heavy atom. The third-order valence-electron chi connectivity index (χ3n) is 3.68. The molecule has 5 nitrogen and oxygen atoms in total. The van der Waals surface area contributed by atoms with Gasteiger partial charge in [0.05, 0.1) is 7.11 Å². The summed E-state index contributed by atoms with van der Waals surface area (Å²) in [6.07, 6.45) is 4.04. The second-order valence-electron chi connectivity index (χ2n) is 5.12. The Morgan fingerprint density at radius 1 is 1.38 bits per heavy atom. The van der Waals surface area contributed by atoms with Crippen molar-refractivity contribution < 1.29 is 17.9 Å². The van der Waals surface area contributed by atoms with Crippen molar-refractivity contribution in [3.63, 3.8) is 0 Å². The minimum Gasteiger partial charge on any atom is -0.495 e. The van der Waals surface area contributed by atoms with E-state index in [2.05, 4.69) is 5.32 Å². The summed E-state index contributed by atoms with van der Waals surface area (Å²) in [5.74, 6) is 0.300. The molecule has 1 saturated carbocycles. The first-order valence-corrected chi connectivity index (χ1v) is 9.12. The van der Waals surface area contributed by atoms with E-state index in [4.69, 9.17) is 15.4 Å². The molecule has 1 amide bonds. The van der Waals surface area contributed by atoms with Gasteiger partial charge in [-0.15, -0.1) is 0 Å². The number of methoxy groups -OCH3 is 1. The van der Waals surface area contributed by atoms with E-state index < -0.39 is 9.05 Å². The van der Waals surface area contributed by atoms with Crippen molar-refractivity contribution in [3.8, 4) is 5.75 Å². The molecule has 0 aliphatic heterocycles. The Kier molecular flexibility index (Phi) is 5.11. The number of halogens is 1. The van der Waals surface area contributed by atoms with E-state index in [0.29, 0.717) is 5.56 Å². The highest BCUT2D eigenvalue weighted by Gasteiger charge is 2.22. The first kappa shape index (κ1) is 16.1. The fourth-order valence-corrected chi connectivity index (χ4v) is 3.59. The van der Waals surface area contributed by atoms with E-state index in [9.17, 15) is 13.2 Å². The lowest BCUT2D eigenvalue weighted by Crippen LogP contribution is -2.28. The van der Waals surface area contributed by atoms with Crippen LogP contribution in [0.1, 0.15) is 31.2 Å². The maximum Gasteiger partial charge on any atom is 0.264 e. The van der Waals surface area contributed by atoms with Gasteiger partial charge in [-0.25, -0.2) is 8.42 Å². The van der Waals surface area contributed by atoms with Gasteiger partial charge in [0.25, 0.3) is 9.05 Å². The molecular weight excluding hydrogens is 314 g/mol. The Bertz CT molecular complexity index is 624. The molecule has 116 valence electrons. The zero-order valence-corrected chi connectivity index (χ0v) is 13.3. The number of ether oxygens (including phenoxy) is 1. The molecule has 1 aromatic carbocycles. The maximum atomic E-state index is 11.9. The van der Waals surface area contributed by atoms with Crippen molar-refractivity contribution in [1.29, 1.82) is 0 Å². The van der Waals surface area contributed by atoms with Gasteiger partial charge in [0.1, 0.15) is 10.6 Å². The molecule has 1 aliphatic carbocycles. The molecule has 0 spiro atoms. The van der Waals surface area contributed by atoms with E-state index in [1.165, 1.54) is 19.2 Å². The fourth-order valence-electron chi connectivity index (χ4n) is 2.54. The number of benzene rings is 1. The lowest BCUT2D eigenvalue weighted by molar-refractivity contribution is -0.124. The van der Waals surface area contributed by atoms with Crippen LogP contribution in [0.15, 0.2) is 23.1 Å². The van der Waals surface area contributed by atoms with Crippen LogP contribution in [0.3, 0.4) is 0 Å². The van der Waals surface area contributed by atoms with Gasteiger partial charge in [-0.3, -0.25) is 4.79 Å². The molecule has 1 aliphatic rings. The molecule has 0 radical (unpaired) electrons. The van der Waals surface area contributed by atoms with E-state index in [1.54, 1.807) is 6.07 Å². The van der Waals surface area contributed by atoms with Crippen molar-refractivity contribution in [2.75, 3.05) is 7.11 Å². The highest BCUT2D eigenvalue weighted by Crippen LogP contribution is 2.28. The summed E-state index contributed by atoms with van der Waals surface area (Å²) in [5, 5.41) is 2.84. The molecule has 7 heteroatoms. The third kappa shape index (κ3) is 4.11. The van der Waals surface area contributed by atoms with E-state index in [1.807, 2.05) is 0 Å². The quantitative estimate of drug-likeness (QED) is 0.841. The number of nitrogens with one attached hydrogen (secondary N) is 1.